The number of hydrogen-bond acceptors (Lipinski definition) is 3. The van der Waals surface area contributed by atoms with E-state index in [2.05, 4.69) is 15.8 Å². The quantitative estimate of drug-likeness (QED) is 0.632. The predicted octanol–water partition coefficient (Wildman–Crippen LogP) is 3.18. The Morgan fingerprint density at radius 3 is 2.67 bits per heavy atom. The molecule has 0 saturated heterocycles. The smallest absolute Gasteiger partial charge is 0.259 e. The summed E-state index contributed by atoms with van der Waals surface area (Å²) in [5, 5.41) is 7.26. The Balaban J connectivity index is 1.83. The van der Waals surface area contributed by atoms with Gasteiger partial charge in [-0.25, -0.2) is 5.43 Å². The van der Waals surface area contributed by atoms with Crippen LogP contribution >= 0.6 is 23.2 Å². The molecule has 0 saturated carbocycles. The summed E-state index contributed by atoms with van der Waals surface area (Å²) in [5.41, 5.74) is 4.40. The molecule has 0 aromatic heterocycles. The van der Waals surface area contributed by atoms with Crippen LogP contribution in [0.1, 0.15) is 21.5 Å². The van der Waals surface area contributed by atoms with Gasteiger partial charge in [-0.15, -0.1) is 0 Å². The van der Waals surface area contributed by atoms with Gasteiger partial charge in [-0.3, -0.25) is 9.59 Å². The highest BCUT2D eigenvalue weighted by atomic mass is 35.5. The van der Waals surface area contributed by atoms with E-state index in [0.717, 1.165) is 5.56 Å². The molecule has 2 aromatic rings. The maximum absolute atomic E-state index is 11.9. The van der Waals surface area contributed by atoms with Crippen LogP contribution < -0.4 is 10.7 Å². The fraction of sp³-hybridized carbons (Fsp3) is 0.118. The molecule has 5 nitrogen and oxygen atoms in total. The van der Waals surface area contributed by atoms with Crippen molar-refractivity contribution in [1.29, 1.82) is 0 Å². The molecular formula is C17H15Cl2N3O2. The van der Waals surface area contributed by atoms with Gasteiger partial charge in [0.1, 0.15) is 0 Å². The van der Waals surface area contributed by atoms with Gasteiger partial charge in [0.15, 0.2) is 0 Å². The minimum Gasteiger partial charge on any atom is -0.343 e. The molecule has 0 fully saturated rings. The lowest BCUT2D eigenvalue weighted by molar-refractivity contribution is -0.120. The number of nitrogens with zero attached hydrogens (tertiary/aromatic N) is 1. The zero-order chi connectivity index (χ0) is 17.5. The maximum atomic E-state index is 11.9. The minimum absolute atomic E-state index is 0.182. The van der Waals surface area contributed by atoms with E-state index in [4.69, 9.17) is 23.2 Å². The van der Waals surface area contributed by atoms with E-state index in [1.165, 1.54) is 6.21 Å². The lowest BCUT2D eigenvalue weighted by atomic mass is 10.1. The summed E-state index contributed by atoms with van der Waals surface area (Å²) < 4.78 is 0. The van der Waals surface area contributed by atoms with Crippen molar-refractivity contribution in [2.75, 3.05) is 6.54 Å². The van der Waals surface area contributed by atoms with Gasteiger partial charge in [0.25, 0.3) is 11.8 Å². The van der Waals surface area contributed by atoms with Crippen molar-refractivity contribution >= 4 is 41.2 Å². The Kier molecular flexibility index (Phi) is 6.35. The summed E-state index contributed by atoms with van der Waals surface area (Å²) >= 11 is 11.8. The van der Waals surface area contributed by atoms with Crippen LogP contribution in [0.15, 0.2) is 47.6 Å². The maximum Gasteiger partial charge on any atom is 0.259 e. The number of halogens is 2. The topological polar surface area (TPSA) is 70.6 Å². The molecule has 2 amide bonds. The zero-order valence-electron chi connectivity index (χ0n) is 12.8. The monoisotopic (exact) mass is 363 g/mol. The van der Waals surface area contributed by atoms with Gasteiger partial charge in [0.2, 0.25) is 0 Å². The number of hydrazone groups is 1. The highest BCUT2D eigenvalue weighted by Gasteiger charge is 2.07. The number of carbonyl (C=O) groups is 2. The normalized spacial score (nSPS) is 10.6. The SMILES string of the molecule is Cc1cccc(C(=O)NCC(=O)N/N=C/c2ccc(Cl)cc2Cl)c1. The molecule has 24 heavy (non-hydrogen) atoms. The van der Waals surface area contributed by atoms with E-state index in [0.29, 0.717) is 21.2 Å². The van der Waals surface area contributed by atoms with Gasteiger partial charge in [0.05, 0.1) is 17.8 Å². The molecule has 2 rings (SSSR count). The number of nitrogens with one attached hydrogen (secondary N) is 2. The Morgan fingerprint density at radius 1 is 1.17 bits per heavy atom. The largest absolute Gasteiger partial charge is 0.343 e. The van der Waals surface area contributed by atoms with E-state index in [9.17, 15) is 9.59 Å². The molecule has 0 atom stereocenters. The number of amides is 2. The second-order valence-corrected chi connectivity index (χ2v) is 5.85. The predicted molar refractivity (Wildman–Crippen MR) is 95.7 cm³/mol. The van der Waals surface area contributed by atoms with Gasteiger partial charge < -0.3 is 5.32 Å². The van der Waals surface area contributed by atoms with Crippen molar-refractivity contribution in [2.45, 2.75) is 6.92 Å². The third-order valence-corrected chi connectivity index (χ3v) is 3.61. The summed E-state index contributed by atoms with van der Waals surface area (Å²) in [4.78, 5) is 23.6. The van der Waals surface area contributed by atoms with E-state index >= 15 is 0 Å². The van der Waals surface area contributed by atoms with Crippen molar-refractivity contribution in [2.24, 2.45) is 5.10 Å². The van der Waals surface area contributed by atoms with Gasteiger partial charge >= 0.3 is 0 Å². The van der Waals surface area contributed by atoms with Crippen molar-refractivity contribution in [3.05, 3.63) is 69.2 Å². The van der Waals surface area contributed by atoms with E-state index in [1.807, 2.05) is 13.0 Å². The molecule has 0 unspecified atom stereocenters. The van der Waals surface area contributed by atoms with Crippen LogP contribution in [0.2, 0.25) is 10.0 Å². The molecule has 0 aliphatic rings. The number of carbonyl (C=O) groups excluding carboxylic acids is 2. The molecule has 0 spiro atoms. The number of benzene rings is 2. The highest BCUT2D eigenvalue weighted by molar-refractivity contribution is 6.36. The third-order valence-electron chi connectivity index (χ3n) is 3.05. The van der Waals surface area contributed by atoms with E-state index in [1.54, 1.807) is 36.4 Å². The second-order valence-electron chi connectivity index (χ2n) is 5.01. The standard InChI is InChI=1S/C17H15Cl2N3O2/c1-11-3-2-4-12(7-11)17(24)20-10-16(23)22-21-9-13-5-6-14(18)8-15(13)19/h2-9H,10H2,1H3,(H,20,24)(H,22,23)/b21-9+. The Morgan fingerprint density at radius 2 is 1.96 bits per heavy atom. The minimum atomic E-state index is -0.447. The number of hydrogen-bond donors (Lipinski definition) is 2. The molecule has 0 heterocycles. The lowest BCUT2D eigenvalue weighted by Gasteiger charge is -2.05. The van der Waals surface area contributed by atoms with E-state index in [-0.39, 0.29) is 12.5 Å². The van der Waals surface area contributed by atoms with Crippen LogP contribution in [0.4, 0.5) is 0 Å². The molecular weight excluding hydrogens is 349 g/mol. The third kappa shape index (κ3) is 5.37. The average Bonchev–Trinajstić information content (AvgIpc) is 2.54. The van der Waals surface area contributed by atoms with Crippen molar-refractivity contribution in [1.82, 2.24) is 10.7 Å². The molecule has 0 bridgehead atoms. The second kappa shape index (κ2) is 8.47. The Bertz CT molecular complexity index is 791. The van der Waals surface area contributed by atoms with Crippen LogP contribution in [0.3, 0.4) is 0 Å². The summed E-state index contributed by atoms with van der Waals surface area (Å²) in [6, 6.07) is 12.0. The number of aryl methyl sites for hydroxylation is 1. The summed E-state index contributed by atoms with van der Waals surface area (Å²) in [7, 11) is 0. The highest BCUT2D eigenvalue weighted by Crippen LogP contribution is 2.19. The molecule has 2 aromatic carbocycles. The van der Waals surface area contributed by atoms with Crippen molar-refractivity contribution in [3.63, 3.8) is 0 Å². The molecule has 0 aliphatic heterocycles. The first-order chi connectivity index (χ1) is 11.5. The van der Waals surface area contributed by atoms with Crippen LogP contribution in [-0.4, -0.2) is 24.6 Å². The first-order valence-corrected chi connectivity index (χ1v) is 7.83. The summed E-state index contributed by atoms with van der Waals surface area (Å²) in [5.74, 6) is -0.768. The average molecular weight is 364 g/mol. The van der Waals surface area contributed by atoms with Crippen molar-refractivity contribution < 1.29 is 9.59 Å². The first kappa shape index (κ1) is 18.0. The van der Waals surface area contributed by atoms with Gasteiger partial charge in [0, 0.05) is 16.1 Å². The van der Waals surface area contributed by atoms with Gasteiger partial charge in [-0.2, -0.15) is 5.10 Å². The van der Waals surface area contributed by atoms with E-state index < -0.39 is 5.91 Å². The molecule has 0 aliphatic carbocycles. The molecule has 7 heteroatoms. The van der Waals surface area contributed by atoms with Crippen molar-refractivity contribution in [3.8, 4) is 0 Å². The number of rotatable bonds is 5. The molecule has 2 N–H and O–H groups in total. The van der Waals surface area contributed by atoms with Crippen LogP contribution in [0.25, 0.3) is 0 Å². The molecule has 124 valence electrons. The van der Waals surface area contributed by atoms with Crippen LogP contribution in [-0.2, 0) is 4.79 Å². The van der Waals surface area contributed by atoms with Gasteiger partial charge in [-0.05, 0) is 31.2 Å². The lowest BCUT2D eigenvalue weighted by Crippen LogP contribution is -2.34. The molecule has 0 radical (unpaired) electrons. The van der Waals surface area contributed by atoms with Crippen LogP contribution in [0.5, 0.6) is 0 Å². The zero-order valence-corrected chi connectivity index (χ0v) is 14.4. The summed E-state index contributed by atoms with van der Waals surface area (Å²) in [6.07, 6.45) is 1.40. The van der Waals surface area contributed by atoms with Gasteiger partial charge in [-0.1, -0.05) is 47.0 Å². The van der Waals surface area contributed by atoms with Crippen LogP contribution in [0, 0.1) is 6.92 Å². The first-order valence-electron chi connectivity index (χ1n) is 7.07. The fourth-order valence-corrected chi connectivity index (χ4v) is 2.33. The Hall–Kier alpha value is -2.37. The Labute approximate surface area is 149 Å². The fourth-order valence-electron chi connectivity index (χ4n) is 1.87. The summed E-state index contributed by atoms with van der Waals surface area (Å²) in [6.45, 7) is 1.71.